The molecule has 1 fully saturated rings. The second-order valence-corrected chi connectivity index (χ2v) is 6.42. The van der Waals surface area contributed by atoms with Crippen LogP contribution in [0.1, 0.15) is 18.4 Å². The standard InChI is InChI=1S/C15H26N4OS.HI/c1-16-14(17-10-13-4-9-21-11-13)18-12-15(19(2)3)5-7-20-8-6-15;/h4,9,11H,5-8,10,12H2,1-3H3,(H2,16,17,18);1H. The summed E-state index contributed by atoms with van der Waals surface area (Å²) in [5.41, 5.74) is 1.44. The highest BCUT2D eigenvalue weighted by atomic mass is 127. The zero-order valence-electron chi connectivity index (χ0n) is 13.6. The van der Waals surface area contributed by atoms with Gasteiger partial charge in [-0.3, -0.25) is 4.99 Å². The lowest BCUT2D eigenvalue weighted by Crippen LogP contribution is -2.57. The number of rotatable bonds is 5. The largest absolute Gasteiger partial charge is 0.381 e. The van der Waals surface area contributed by atoms with Crippen LogP contribution >= 0.6 is 35.3 Å². The van der Waals surface area contributed by atoms with Crippen LogP contribution in [0.25, 0.3) is 0 Å². The predicted octanol–water partition coefficient (Wildman–Crippen LogP) is 2.14. The lowest BCUT2D eigenvalue weighted by molar-refractivity contribution is -0.00501. The number of guanidine groups is 1. The molecule has 1 aromatic heterocycles. The third-order valence-corrected chi connectivity index (χ3v) is 4.95. The van der Waals surface area contributed by atoms with E-state index < -0.39 is 0 Å². The Kier molecular flexibility index (Phi) is 8.66. The lowest BCUT2D eigenvalue weighted by Gasteiger charge is -2.43. The quantitative estimate of drug-likeness (QED) is 0.420. The van der Waals surface area contributed by atoms with Crippen molar-refractivity contribution in [3.63, 3.8) is 0 Å². The number of nitrogens with one attached hydrogen (secondary N) is 2. The van der Waals surface area contributed by atoms with Gasteiger partial charge in [-0.15, -0.1) is 24.0 Å². The SMILES string of the molecule is CN=C(NCc1ccsc1)NCC1(N(C)C)CCOCC1.I. The van der Waals surface area contributed by atoms with Crippen LogP contribution in [0.15, 0.2) is 21.8 Å². The van der Waals surface area contributed by atoms with Crippen molar-refractivity contribution in [3.05, 3.63) is 22.4 Å². The average molecular weight is 438 g/mol. The third kappa shape index (κ3) is 5.36. The van der Waals surface area contributed by atoms with Crippen LogP contribution in [0.4, 0.5) is 0 Å². The van der Waals surface area contributed by atoms with Gasteiger partial charge in [0.05, 0.1) is 0 Å². The fraction of sp³-hybridized carbons (Fsp3) is 0.667. The molecule has 0 bridgehead atoms. The maximum Gasteiger partial charge on any atom is 0.191 e. The highest BCUT2D eigenvalue weighted by Crippen LogP contribution is 2.24. The first-order valence-corrected chi connectivity index (χ1v) is 8.31. The second-order valence-electron chi connectivity index (χ2n) is 5.64. The summed E-state index contributed by atoms with van der Waals surface area (Å²) in [5.74, 6) is 0.855. The Hall–Kier alpha value is -0.380. The summed E-state index contributed by atoms with van der Waals surface area (Å²) < 4.78 is 5.51. The van der Waals surface area contributed by atoms with Crippen molar-refractivity contribution >= 4 is 41.3 Å². The van der Waals surface area contributed by atoms with Crippen LogP contribution < -0.4 is 10.6 Å². The van der Waals surface area contributed by atoms with E-state index in [9.17, 15) is 0 Å². The summed E-state index contributed by atoms with van der Waals surface area (Å²) in [5, 5.41) is 11.1. The molecule has 2 rings (SSSR count). The van der Waals surface area contributed by atoms with Crippen molar-refractivity contribution in [1.29, 1.82) is 0 Å². The van der Waals surface area contributed by atoms with E-state index in [1.807, 2.05) is 7.05 Å². The molecule has 5 nitrogen and oxygen atoms in total. The van der Waals surface area contributed by atoms with Gasteiger partial charge in [0.1, 0.15) is 0 Å². The molecule has 0 spiro atoms. The van der Waals surface area contributed by atoms with Gasteiger partial charge in [-0.1, -0.05) is 0 Å². The molecule has 0 atom stereocenters. The minimum absolute atomic E-state index is 0. The topological polar surface area (TPSA) is 48.9 Å². The van der Waals surface area contributed by atoms with Crippen molar-refractivity contribution in [3.8, 4) is 0 Å². The van der Waals surface area contributed by atoms with Crippen LogP contribution in [0.2, 0.25) is 0 Å². The van der Waals surface area contributed by atoms with Gasteiger partial charge in [0.15, 0.2) is 5.96 Å². The van der Waals surface area contributed by atoms with Gasteiger partial charge >= 0.3 is 0 Å². The third-order valence-electron chi connectivity index (χ3n) is 4.22. The molecule has 1 saturated heterocycles. The highest BCUT2D eigenvalue weighted by molar-refractivity contribution is 14.0. The minimum atomic E-state index is 0. The number of nitrogens with zero attached hydrogens (tertiary/aromatic N) is 2. The van der Waals surface area contributed by atoms with Gasteiger partial charge in [0, 0.05) is 38.9 Å². The number of thiophene rings is 1. The van der Waals surface area contributed by atoms with Crippen LogP contribution in [-0.4, -0.2) is 57.3 Å². The average Bonchev–Trinajstić information content (AvgIpc) is 3.01. The molecule has 0 amide bonds. The van der Waals surface area contributed by atoms with Crippen molar-refractivity contribution in [2.75, 3.05) is 40.9 Å². The van der Waals surface area contributed by atoms with E-state index in [2.05, 4.69) is 51.4 Å². The number of aliphatic imine (C=N–C) groups is 1. The lowest BCUT2D eigenvalue weighted by atomic mass is 9.88. The monoisotopic (exact) mass is 438 g/mol. The van der Waals surface area contributed by atoms with Crippen molar-refractivity contribution in [2.24, 2.45) is 4.99 Å². The number of halogens is 1. The fourth-order valence-corrected chi connectivity index (χ4v) is 3.25. The first-order valence-electron chi connectivity index (χ1n) is 7.37. The summed E-state index contributed by atoms with van der Waals surface area (Å²) in [7, 11) is 6.11. The predicted molar refractivity (Wildman–Crippen MR) is 104 cm³/mol. The van der Waals surface area contributed by atoms with E-state index in [1.54, 1.807) is 11.3 Å². The number of hydrogen-bond donors (Lipinski definition) is 2. The Balaban J connectivity index is 0.00000242. The summed E-state index contributed by atoms with van der Waals surface area (Å²) in [6, 6.07) is 2.13. The molecule has 0 aromatic carbocycles. The maximum absolute atomic E-state index is 5.51. The molecule has 2 N–H and O–H groups in total. The normalized spacial score (nSPS) is 17.9. The van der Waals surface area contributed by atoms with Gasteiger partial charge in [0.2, 0.25) is 0 Å². The summed E-state index contributed by atoms with van der Waals surface area (Å²) in [6.45, 7) is 3.36. The van der Waals surface area contributed by atoms with Crippen LogP contribution in [0.3, 0.4) is 0 Å². The van der Waals surface area contributed by atoms with Crippen LogP contribution in [-0.2, 0) is 11.3 Å². The number of hydrogen-bond acceptors (Lipinski definition) is 4. The second kappa shape index (κ2) is 9.69. The van der Waals surface area contributed by atoms with Crippen molar-refractivity contribution in [1.82, 2.24) is 15.5 Å². The first kappa shape index (κ1) is 19.7. The fourth-order valence-electron chi connectivity index (χ4n) is 2.58. The Morgan fingerprint density at radius 2 is 2.09 bits per heavy atom. The Labute approximate surface area is 154 Å². The molecule has 0 saturated carbocycles. The highest BCUT2D eigenvalue weighted by Gasteiger charge is 2.34. The minimum Gasteiger partial charge on any atom is -0.381 e. The molecule has 1 aromatic rings. The Bertz CT molecular complexity index is 444. The summed E-state index contributed by atoms with van der Waals surface area (Å²) in [6.07, 6.45) is 2.10. The van der Waals surface area contributed by atoms with E-state index in [0.717, 1.165) is 45.1 Å². The van der Waals surface area contributed by atoms with Gasteiger partial charge in [-0.05, 0) is 49.3 Å². The van der Waals surface area contributed by atoms with E-state index in [4.69, 9.17) is 4.74 Å². The van der Waals surface area contributed by atoms with E-state index >= 15 is 0 Å². The first-order chi connectivity index (χ1) is 10.2. The molecule has 0 aliphatic carbocycles. The van der Waals surface area contributed by atoms with E-state index in [0.29, 0.717) is 0 Å². The zero-order valence-corrected chi connectivity index (χ0v) is 16.7. The van der Waals surface area contributed by atoms with E-state index in [1.165, 1.54) is 5.56 Å². The molecule has 22 heavy (non-hydrogen) atoms. The Morgan fingerprint density at radius 3 is 2.64 bits per heavy atom. The molecule has 0 unspecified atom stereocenters. The summed E-state index contributed by atoms with van der Waals surface area (Å²) in [4.78, 5) is 6.62. The van der Waals surface area contributed by atoms with Gasteiger partial charge < -0.3 is 20.3 Å². The van der Waals surface area contributed by atoms with Gasteiger partial charge in [-0.25, -0.2) is 0 Å². The molecule has 1 aliphatic heterocycles. The summed E-state index contributed by atoms with van der Waals surface area (Å²) >= 11 is 1.72. The van der Waals surface area contributed by atoms with Gasteiger partial charge in [-0.2, -0.15) is 11.3 Å². The maximum atomic E-state index is 5.51. The molecule has 7 heteroatoms. The Morgan fingerprint density at radius 1 is 1.36 bits per heavy atom. The van der Waals surface area contributed by atoms with E-state index in [-0.39, 0.29) is 29.5 Å². The van der Waals surface area contributed by atoms with Crippen molar-refractivity contribution < 1.29 is 4.74 Å². The molecular weight excluding hydrogens is 411 g/mol. The molecule has 1 aliphatic rings. The molecular formula is C15H27IN4OS. The van der Waals surface area contributed by atoms with Crippen LogP contribution in [0.5, 0.6) is 0 Å². The molecule has 126 valence electrons. The zero-order chi connectivity index (χ0) is 15.1. The molecule has 2 heterocycles. The molecule has 0 radical (unpaired) electrons. The van der Waals surface area contributed by atoms with Gasteiger partial charge in [0.25, 0.3) is 0 Å². The smallest absolute Gasteiger partial charge is 0.191 e. The van der Waals surface area contributed by atoms with Crippen LogP contribution in [0, 0.1) is 0 Å². The number of ether oxygens (including phenoxy) is 1. The van der Waals surface area contributed by atoms with Crippen molar-refractivity contribution in [2.45, 2.75) is 24.9 Å². The number of likely N-dealkylation sites (N-methyl/N-ethyl adjacent to an activating group) is 1.